The summed E-state index contributed by atoms with van der Waals surface area (Å²) in [6.45, 7) is 10.6. The molecule has 0 fully saturated rings. The van der Waals surface area contributed by atoms with Gasteiger partial charge in [0.25, 0.3) is 0 Å². The third-order valence-corrected chi connectivity index (χ3v) is 5.98. The van der Waals surface area contributed by atoms with Gasteiger partial charge >= 0.3 is 7.82 Å². The average molecular weight is 405 g/mol. The summed E-state index contributed by atoms with van der Waals surface area (Å²) in [5.74, 6) is 0. The molecule has 160 valence electrons. The second-order valence-electron chi connectivity index (χ2n) is 7.03. The second kappa shape index (κ2) is 14.4. The molecule has 1 heterocycles. The third kappa shape index (κ3) is 9.47. The molecule has 1 aliphatic rings. The molecule has 27 heavy (non-hydrogen) atoms. The van der Waals surface area contributed by atoms with Crippen molar-refractivity contribution in [1.29, 1.82) is 0 Å². The summed E-state index contributed by atoms with van der Waals surface area (Å²) in [5.41, 5.74) is 0. The lowest BCUT2D eigenvalue weighted by Gasteiger charge is -2.33. The van der Waals surface area contributed by atoms with Gasteiger partial charge in [-0.2, -0.15) is 0 Å². The summed E-state index contributed by atoms with van der Waals surface area (Å²) >= 11 is 0. The van der Waals surface area contributed by atoms with Crippen LogP contribution in [0.25, 0.3) is 0 Å². The Morgan fingerprint density at radius 2 is 1.33 bits per heavy atom. The molecule has 0 amide bonds. The van der Waals surface area contributed by atoms with Gasteiger partial charge in [-0.1, -0.05) is 59.3 Å². The Labute approximate surface area is 166 Å². The highest BCUT2D eigenvalue weighted by molar-refractivity contribution is 7.48. The van der Waals surface area contributed by atoms with E-state index < -0.39 is 14.2 Å². The number of rotatable bonds is 17. The molecule has 1 atom stereocenters. The minimum absolute atomic E-state index is 0.366. The molecule has 0 saturated heterocycles. The maximum Gasteiger partial charge on any atom is 0.478 e. The van der Waals surface area contributed by atoms with Crippen LogP contribution in [0.1, 0.15) is 85.5 Å². The van der Waals surface area contributed by atoms with E-state index in [0.717, 1.165) is 32.4 Å². The SMILES string of the molecule is CCCCCCCCCN1C=CN(CC)C1OP(=O)(OCCC)OCCC. The normalized spacial score (nSPS) is 17.3. The number of nitrogens with zero attached hydrogens (tertiary/aromatic N) is 2. The quantitative estimate of drug-likeness (QED) is 0.215. The van der Waals surface area contributed by atoms with Crippen molar-refractivity contribution in [2.45, 2.75) is 91.8 Å². The zero-order valence-electron chi connectivity index (χ0n) is 17.9. The lowest BCUT2D eigenvalue weighted by Crippen LogP contribution is -2.40. The lowest BCUT2D eigenvalue weighted by molar-refractivity contribution is -0.0534. The Bertz CT molecular complexity index is 436. The van der Waals surface area contributed by atoms with Crippen LogP contribution in [0, 0.1) is 0 Å². The molecule has 0 radical (unpaired) electrons. The summed E-state index contributed by atoms with van der Waals surface area (Å²) < 4.78 is 29.9. The van der Waals surface area contributed by atoms with Crippen LogP contribution in [0.15, 0.2) is 12.4 Å². The fourth-order valence-electron chi connectivity index (χ4n) is 2.95. The first kappa shape index (κ1) is 24.5. The van der Waals surface area contributed by atoms with Crippen molar-refractivity contribution >= 4 is 7.82 Å². The molecule has 1 aliphatic heterocycles. The van der Waals surface area contributed by atoms with Crippen molar-refractivity contribution in [3.05, 3.63) is 12.4 Å². The average Bonchev–Trinajstić information content (AvgIpc) is 3.05. The van der Waals surface area contributed by atoms with E-state index in [2.05, 4.69) is 18.7 Å². The van der Waals surface area contributed by atoms with Crippen LogP contribution in [0.3, 0.4) is 0 Å². The summed E-state index contributed by atoms with van der Waals surface area (Å²) in [6, 6.07) is 0. The van der Waals surface area contributed by atoms with Gasteiger partial charge < -0.3 is 9.80 Å². The van der Waals surface area contributed by atoms with Gasteiger partial charge in [0.15, 0.2) is 0 Å². The van der Waals surface area contributed by atoms with E-state index in [1.165, 1.54) is 38.5 Å². The highest BCUT2D eigenvalue weighted by atomic mass is 31.2. The molecule has 0 N–H and O–H groups in total. The van der Waals surface area contributed by atoms with Crippen molar-refractivity contribution < 1.29 is 18.1 Å². The zero-order chi connectivity index (χ0) is 20.0. The molecule has 0 aromatic carbocycles. The Morgan fingerprint density at radius 1 is 0.778 bits per heavy atom. The van der Waals surface area contributed by atoms with Crippen LogP contribution in [-0.2, 0) is 18.1 Å². The highest BCUT2D eigenvalue weighted by Crippen LogP contribution is 2.52. The van der Waals surface area contributed by atoms with Crippen LogP contribution >= 0.6 is 7.82 Å². The van der Waals surface area contributed by atoms with Crippen molar-refractivity contribution in [3.8, 4) is 0 Å². The largest absolute Gasteiger partial charge is 0.478 e. The smallest absolute Gasteiger partial charge is 0.334 e. The lowest BCUT2D eigenvalue weighted by atomic mass is 10.1. The van der Waals surface area contributed by atoms with Crippen LogP contribution in [0.4, 0.5) is 0 Å². The summed E-state index contributed by atoms with van der Waals surface area (Å²) in [4.78, 5) is 4.13. The maximum atomic E-state index is 13.0. The van der Waals surface area contributed by atoms with E-state index in [1.54, 1.807) is 0 Å². The third-order valence-electron chi connectivity index (χ3n) is 4.53. The van der Waals surface area contributed by atoms with Crippen molar-refractivity contribution in [3.63, 3.8) is 0 Å². The van der Waals surface area contributed by atoms with E-state index in [-0.39, 0.29) is 0 Å². The van der Waals surface area contributed by atoms with Gasteiger partial charge in [0.2, 0.25) is 6.35 Å². The van der Waals surface area contributed by atoms with E-state index in [1.807, 2.05) is 31.1 Å². The maximum absolute atomic E-state index is 13.0. The molecule has 7 heteroatoms. The molecule has 6 nitrogen and oxygen atoms in total. The summed E-state index contributed by atoms with van der Waals surface area (Å²) in [5, 5.41) is 0. The predicted octanol–water partition coefficient (Wildman–Crippen LogP) is 6.11. The van der Waals surface area contributed by atoms with Crippen molar-refractivity contribution in [2.75, 3.05) is 26.3 Å². The Balaban J connectivity index is 2.54. The van der Waals surface area contributed by atoms with Gasteiger partial charge in [0, 0.05) is 25.5 Å². The molecular formula is C20H41N2O4P. The zero-order valence-corrected chi connectivity index (χ0v) is 18.8. The molecule has 0 aliphatic carbocycles. The first-order valence-electron chi connectivity index (χ1n) is 10.9. The molecule has 1 rings (SSSR count). The highest BCUT2D eigenvalue weighted by Gasteiger charge is 2.36. The fraction of sp³-hybridized carbons (Fsp3) is 0.900. The van der Waals surface area contributed by atoms with E-state index in [0.29, 0.717) is 13.2 Å². The topological polar surface area (TPSA) is 51.2 Å². The van der Waals surface area contributed by atoms with E-state index >= 15 is 0 Å². The van der Waals surface area contributed by atoms with Gasteiger partial charge in [-0.25, -0.2) is 9.09 Å². The monoisotopic (exact) mass is 404 g/mol. The standard InChI is InChI=1S/C20H41N2O4P/c1-5-9-10-11-12-13-14-15-22-17-16-21(8-4)20(22)26-27(23,24-18-6-2)25-19-7-3/h16-17,20H,5-15,18-19H2,1-4H3. The van der Waals surface area contributed by atoms with Crippen LogP contribution in [-0.4, -0.2) is 42.5 Å². The Hall–Kier alpha value is -0.550. The number of unbranched alkanes of at least 4 members (excludes halogenated alkanes) is 6. The second-order valence-corrected chi connectivity index (χ2v) is 8.65. The molecule has 0 aromatic heterocycles. The number of phosphoric acid groups is 1. The number of hydrogen-bond acceptors (Lipinski definition) is 6. The number of hydrogen-bond donors (Lipinski definition) is 0. The van der Waals surface area contributed by atoms with Crippen molar-refractivity contribution in [1.82, 2.24) is 9.80 Å². The summed E-state index contributed by atoms with van der Waals surface area (Å²) in [7, 11) is -3.57. The van der Waals surface area contributed by atoms with Crippen LogP contribution in [0.5, 0.6) is 0 Å². The molecule has 0 spiro atoms. The summed E-state index contributed by atoms with van der Waals surface area (Å²) in [6.07, 6.45) is 14.0. The first-order valence-corrected chi connectivity index (χ1v) is 12.3. The van der Waals surface area contributed by atoms with Crippen LogP contribution < -0.4 is 0 Å². The first-order chi connectivity index (χ1) is 13.1. The minimum Gasteiger partial charge on any atom is -0.334 e. The molecule has 1 unspecified atom stereocenters. The van der Waals surface area contributed by atoms with Gasteiger partial charge in [-0.05, 0) is 26.2 Å². The van der Waals surface area contributed by atoms with Crippen molar-refractivity contribution in [2.24, 2.45) is 0 Å². The Kier molecular flexibility index (Phi) is 13.1. The number of phosphoric ester groups is 1. The van der Waals surface area contributed by atoms with Gasteiger partial charge in [0.1, 0.15) is 0 Å². The molecule has 0 aromatic rings. The van der Waals surface area contributed by atoms with Gasteiger partial charge in [-0.15, -0.1) is 0 Å². The Morgan fingerprint density at radius 3 is 1.89 bits per heavy atom. The van der Waals surface area contributed by atoms with Gasteiger partial charge in [0.05, 0.1) is 13.2 Å². The predicted molar refractivity (Wildman–Crippen MR) is 111 cm³/mol. The van der Waals surface area contributed by atoms with Gasteiger partial charge in [-0.3, -0.25) is 9.05 Å². The van der Waals surface area contributed by atoms with E-state index in [4.69, 9.17) is 13.6 Å². The van der Waals surface area contributed by atoms with E-state index in [9.17, 15) is 4.57 Å². The fourth-order valence-corrected chi connectivity index (χ4v) is 4.43. The van der Waals surface area contributed by atoms with Crippen LogP contribution in [0.2, 0.25) is 0 Å². The molecular weight excluding hydrogens is 363 g/mol. The molecule has 0 bridgehead atoms. The minimum atomic E-state index is -3.57. The molecule has 0 saturated carbocycles.